The van der Waals surface area contributed by atoms with Crippen molar-refractivity contribution in [2.24, 2.45) is 0 Å². The van der Waals surface area contributed by atoms with Crippen molar-refractivity contribution >= 4 is 15.9 Å². The quantitative estimate of drug-likeness (QED) is 0.731. The Kier molecular flexibility index (Phi) is 5.53. The first kappa shape index (κ1) is 14.6. The topological polar surface area (TPSA) is 3.24 Å². The van der Waals surface area contributed by atoms with Gasteiger partial charge in [0.2, 0.25) is 0 Å². The van der Waals surface area contributed by atoms with Gasteiger partial charge in [-0.2, -0.15) is 0 Å². The second kappa shape index (κ2) is 6.45. The summed E-state index contributed by atoms with van der Waals surface area (Å²) in [4.78, 5) is 2.06. The van der Waals surface area contributed by atoms with Crippen LogP contribution in [0.2, 0.25) is 0 Å². The lowest BCUT2D eigenvalue weighted by Gasteiger charge is -2.27. The third kappa shape index (κ3) is 3.49. The van der Waals surface area contributed by atoms with Crippen LogP contribution in [0.4, 0.5) is 8.78 Å². The van der Waals surface area contributed by atoms with E-state index in [2.05, 4.69) is 34.7 Å². The molecule has 4 heteroatoms. The van der Waals surface area contributed by atoms with Crippen LogP contribution in [0.3, 0.4) is 0 Å². The van der Waals surface area contributed by atoms with Gasteiger partial charge >= 0.3 is 0 Å². The van der Waals surface area contributed by atoms with Crippen LogP contribution in [0.5, 0.6) is 0 Å². The first-order chi connectivity index (χ1) is 8.01. The highest BCUT2D eigenvalue weighted by atomic mass is 79.9. The van der Waals surface area contributed by atoms with Gasteiger partial charge in [0.1, 0.15) is 11.6 Å². The van der Waals surface area contributed by atoms with E-state index < -0.39 is 11.6 Å². The van der Waals surface area contributed by atoms with Crippen LogP contribution < -0.4 is 0 Å². The third-order valence-corrected chi connectivity index (χ3v) is 3.73. The zero-order chi connectivity index (χ0) is 13.0. The summed E-state index contributed by atoms with van der Waals surface area (Å²) >= 11 is 3.09. The van der Waals surface area contributed by atoms with Gasteiger partial charge in [-0.3, -0.25) is 4.90 Å². The maximum absolute atomic E-state index is 13.8. The zero-order valence-electron chi connectivity index (χ0n) is 10.4. The summed E-state index contributed by atoms with van der Waals surface area (Å²) in [6, 6.07) is 3.01. The molecule has 0 amide bonds. The van der Waals surface area contributed by atoms with Crippen LogP contribution in [0.25, 0.3) is 0 Å². The van der Waals surface area contributed by atoms with Crippen LogP contribution >= 0.6 is 15.9 Å². The molecule has 0 aliphatic heterocycles. The van der Waals surface area contributed by atoms with Crippen molar-refractivity contribution < 1.29 is 8.78 Å². The number of rotatable bonds is 5. The van der Waals surface area contributed by atoms with Gasteiger partial charge in [0.05, 0.1) is 4.47 Å². The number of hydrogen-bond acceptors (Lipinski definition) is 1. The summed E-state index contributed by atoms with van der Waals surface area (Å²) in [5.41, 5.74) is 0.140. The minimum Gasteiger partial charge on any atom is -0.296 e. The Hall–Kier alpha value is -0.480. The molecule has 1 rings (SSSR count). The van der Waals surface area contributed by atoms with Gasteiger partial charge in [-0.1, -0.05) is 13.8 Å². The lowest BCUT2D eigenvalue weighted by Crippen LogP contribution is -2.32. The highest BCUT2D eigenvalue weighted by Crippen LogP contribution is 2.23. The van der Waals surface area contributed by atoms with Gasteiger partial charge in [-0.05, 0) is 48.0 Å². The van der Waals surface area contributed by atoms with Gasteiger partial charge in [0, 0.05) is 18.2 Å². The van der Waals surface area contributed by atoms with E-state index in [4.69, 9.17) is 0 Å². The van der Waals surface area contributed by atoms with Crippen molar-refractivity contribution in [3.8, 4) is 0 Å². The Labute approximate surface area is 110 Å². The predicted molar refractivity (Wildman–Crippen MR) is 69.9 cm³/mol. The van der Waals surface area contributed by atoms with Crippen LogP contribution in [0.15, 0.2) is 16.6 Å². The molecule has 0 heterocycles. The highest BCUT2D eigenvalue weighted by Gasteiger charge is 2.17. The van der Waals surface area contributed by atoms with Gasteiger partial charge < -0.3 is 0 Å². The smallest absolute Gasteiger partial charge is 0.144 e. The van der Waals surface area contributed by atoms with Crippen molar-refractivity contribution in [1.29, 1.82) is 0 Å². The molecule has 0 N–H and O–H groups in total. The predicted octanol–water partition coefficient (Wildman–Crippen LogP) is 4.35. The molecule has 96 valence electrons. The third-order valence-electron chi connectivity index (χ3n) is 3.12. The molecule has 0 spiro atoms. The van der Waals surface area contributed by atoms with E-state index >= 15 is 0 Å². The van der Waals surface area contributed by atoms with Crippen LogP contribution in [0, 0.1) is 11.6 Å². The van der Waals surface area contributed by atoms with Gasteiger partial charge in [-0.15, -0.1) is 0 Å². The molecule has 0 aromatic heterocycles. The maximum Gasteiger partial charge on any atom is 0.144 e. The van der Waals surface area contributed by atoms with Gasteiger partial charge in [0.25, 0.3) is 0 Å². The molecule has 0 aliphatic carbocycles. The molecule has 0 saturated heterocycles. The molecule has 1 unspecified atom stereocenters. The van der Waals surface area contributed by atoms with E-state index in [1.165, 1.54) is 12.1 Å². The summed E-state index contributed by atoms with van der Waals surface area (Å²) in [6.45, 7) is 7.22. The molecular formula is C13H18BrF2N. The molecular weight excluding hydrogens is 288 g/mol. The van der Waals surface area contributed by atoms with E-state index in [1.807, 2.05) is 6.92 Å². The fraction of sp³-hybridized carbons (Fsp3) is 0.538. The summed E-state index contributed by atoms with van der Waals surface area (Å²) in [5, 5.41) is 0. The Bertz CT molecular complexity index is 382. The van der Waals surface area contributed by atoms with Crippen LogP contribution in [-0.2, 0) is 6.54 Å². The highest BCUT2D eigenvalue weighted by molar-refractivity contribution is 9.10. The SMILES string of the molecule is CCC(C)N(CC)Cc1c(F)ccc(Br)c1F. The molecule has 0 radical (unpaired) electrons. The Morgan fingerprint density at radius 2 is 1.94 bits per heavy atom. The number of hydrogen-bond donors (Lipinski definition) is 0. The number of halogens is 3. The Morgan fingerprint density at radius 1 is 1.29 bits per heavy atom. The number of benzene rings is 1. The van der Waals surface area contributed by atoms with Gasteiger partial charge in [-0.25, -0.2) is 8.78 Å². The van der Waals surface area contributed by atoms with Crippen LogP contribution in [0.1, 0.15) is 32.8 Å². The molecule has 0 aliphatic rings. The number of nitrogens with zero attached hydrogens (tertiary/aromatic N) is 1. The van der Waals surface area contributed by atoms with E-state index in [9.17, 15) is 8.78 Å². The van der Waals surface area contributed by atoms with E-state index in [0.29, 0.717) is 17.1 Å². The largest absolute Gasteiger partial charge is 0.296 e. The molecule has 17 heavy (non-hydrogen) atoms. The molecule has 1 atom stereocenters. The van der Waals surface area contributed by atoms with Crippen LogP contribution in [-0.4, -0.2) is 17.5 Å². The summed E-state index contributed by atoms with van der Waals surface area (Å²) < 4.78 is 27.7. The van der Waals surface area contributed by atoms with Gasteiger partial charge in [0.15, 0.2) is 0 Å². The van der Waals surface area contributed by atoms with E-state index in [1.54, 1.807) is 0 Å². The van der Waals surface area contributed by atoms with Crippen molar-refractivity contribution in [2.75, 3.05) is 6.54 Å². The summed E-state index contributed by atoms with van der Waals surface area (Å²) in [5.74, 6) is -0.973. The van der Waals surface area contributed by atoms with Crippen molar-refractivity contribution in [2.45, 2.75) is 39.8 Å². The standard InChI is InChI=1S/C13H18BrF2N/c1-4-9(3)17(5-2)8-10-12(15)7-6-11(14)13(10)16/h6-7,9H,4-5,8H2,1-3H3. The molecule has 1 nitrogen and oxygen atoms in total. The minimum atomic E-state index is -0.494. The molecule has 1 aromatic carbocycles. The van der Waals surface area contributed by atoms with Crippen molar-refractivity contribution in [3.63, 3.8) is 0 Å². The van der Waals surface area contributed by atoms with Crippen molar-refractivity contribution in [1.82, 2.24) is 4.90 Å². The normalized spacial score (nSPS) is 13.1. The second-order valence-corrected chi connectivity index (χ2v) is 5.00. The molecule has 0 bridgehead atoms. The maximum atomic E-state index is 13.8. The first-order valence-electron chi connectivity index (χ1n) is 5.87. The fourth-order valence-electron chi connectivity index (χ4n) is 1.75. The molecule has 1 aromatic rings. The fourth-order valence-corrected chi connectivity index (χ4v) is 2.13. The van der Waals surface area contributed by atoms with E-state index in [-0.39, 0.29) is 5.56 Å². The lowest BCUT2D eigenvalue weighted by molar-refractivity contribution is 0.200. The van der Waals surface area contributed by atoms with E-state index in [0.717, 1.165) is 13.0 Å². The Morgan fingerprint density at radius 3 is 2.47 bits per heavy atom. The average molecular weight is 306 g/mol. The monoisotopic (exact) mass is 305 g/mol. The summed E-state index contributed by atoms with van der Waals surface area (Å²) in [6.07, 6.45) is 0.963. The minimum absolute atomic E-state index is 0.140. The van der Waals surface area contributed by atoms with Crippen molar-refractivity contribution in [3.05, 3.63) is 33.8 Å². The lowest BCUT2D eigenvalue weighted by atomic mass is 10.1. The Balaban J connectivity index is 2.97. The summed E-state index contributed by atoms with van der Waals surface area (Å²) in [7, 11) is 0. The molecule has 0 saturated carbocycles. The zero-order valence-corrected chi connectivity index (χ0v) is 12.0. The average Bonchev–Trinajstić information content (AvgIpc) is 2.33. The molecule has 0 fully saturated rings. The first-order valence-corrected chi connectivity index (χ1v) is 6.66. The second-order valence-electron chi connectivity index (χ2n) is 4.14.